The van der Waals surface area contributed by atoms with Crippen molar-refractivity contribution in [3.05, 3.63) is 51.7 Å². The van der Waals surface area contributed by atoms with Crippen molar-refractivity contribution in [3.63, 3.8) is 0 Å². The van der Waals surface area contributed by atoms with Crippen LogP contribution in [-0.4, -0.2) is 35.6 Å². The topological polar surface area (TPSA) is 144 Å². The van der Waals surface area contributed by atoms with E-state index in [4.69, 9.17) is 8.94 Å². The van der Waals surface area contributed by atoms with Gasteiger partial charge >= 0.3 is 0 Å². The van der Waals surface area contributed by atoms with Gasteiger partial charge in [-0.05, 0) is 37.8 Å². The van der Waals surface area contributed by atoms with Gasteiger partial charge < -0.3 is 14.3 Å². The zero-order chi connectivity index (χ0) is 19.8. The van der Waals surface area contributed by atoms with Gasteiger partial charge in [-0.25, -0.2) is 4.98 Å². The zero-order valence-corrected chi connectivity index (χ0v) is 15.3. The molecule has 4 aromatic heterocycles. The van der Waals surface area contributed by atoms with Gasteiger partial charge in [-0.2, -0.15) is 14.5 Å². The molecule has 4 heterocycles. The van der Waals surface area contributed by atoms with Crippen LogP contribution < -0.4 is 10.9 Å². The molecule has 0 saturated carbocycles. The summed E-state index contributed by atoms with van der Waals surface area (Å²) in [7, 11) is 0. The summed E-state index contributed by atoms with van der Waals surface area (Å²) in [6.07, 6.45) is 4.99. The van der Waals surface area contributed by atoms with Crippen molar-refractivity contribution in [1.82, 2.24) is 35.0 Å². The normalized spacial score (nSPS) is 13.5. The standard InChI is InChI=1S/C18H17N7O4/c26-15(19-9-14-21-16(29-24-14)12-6-3-7-28-12)8-13-22-18-20-11-5-2-1-4-10(11)17(27)25(18)23-13/h3,6-7H,1-2,4-5,8-9H2,(H,19,26)(H,20,22,23). The first kappa shape index (κ1) is 17.3. The highest BCUT2D eigenvalue weighted by molar-refractivity contribution is 5.77. The van der Waals surface area contributed by atoms with Crippen LogP contribution in [0.5, 0.6) is 0 Å². The van der Waals surface area contributed by atoms with Crippen LogP contribution in [0.25, 0.3) is 17.4 Å². The number of aryl methyl sites for hydroxylation is 1. The van der Waals surface area contributed by atoms with E-state index in [1.54, 1.807) is 12.1 Å². The lowest BCUT2D eigenvalue weighted by Gasteiger charge is -2.12. The van der Waals surface area contributed by atoms with Gasteiger partial charge in [0.15, 0.2) is 11.6 Å². The number of rotatable bonds is 5. The number of amides is 1. The second-order valence-electron chi connectivity index (χ2n) is 6.80. The van der Waals surface area contributed by atoms with Crippen molar-refractivity contribution in [1.29, 1.82) is 0 Å². The molecule has 11 heteroatoms. The number of aromatic nitrogens is 6. The van der Waals surface area contributed by atoms with Gasteiger partial charge in [0.2, 0.25) is 5.91 Å². The van der Waals surface area contributed by atoms with E-state index in [1.807, 2.05) is 0 Å². The quantitative estimate of drug-likeness (QED) is 0.505. The third kappa shape index (κ3) is 3.30. The van der Waals surface area contributed by atoms with Gasteiger partial charge in [0, 0.05) is 5.56 Å². The van der Waals surface area contributed by atoms with Crippen LogP contribution in [0.2, 0.25) is 0 Å². The van der Waals surface area contributed by atoms with Gasteiger partial charge in [0.25, 0.3) is 17.2 Å². The average molecular weight is 395 g/mol. The summed E-state index contributed by atoms with van der Waals surface area (Å²) in [5, 5.41) is 9.37. The van der Waals surface area contributed by atoms with Crippen molar-refractivity contribution in [2.24, 2.45) is 0 Å². The molecule has 0 unspecified atom stereocenters. The van der Waals surface area contributed by atoms with Crippen molar-refractivity contribution >= 4 is 11.7 Å². The smallest absolute Gasteiger partial charge is 0.293 e. The minimum atomic E-state index is -0.300. The number of furan rings is 1. The second kappa shape index (κ2) is 7.00. The number of carbonyl (C=O) groups is 1. The maximum atomic E-state index is 12.6. The maximum Gasteiger partial charge on any atom is 0.293 e. The Labute approximate surface area is 163 Å². The van der Waals surface area contributed by atoms with E-state index < -0.39 is 0 Å². The Bertz CT molecular complexity index is 1240. The molecule has 1 aliphatic carbocycles. The number of fused-ring (bicyclic) bond motifs is 2. The van der Waals surface area contributed by atoms with E-state index in [1.165, 1.54) is 10.8 Å². The van der Waals surface area contributed by atoms with E-state index in [0.717, 1.165) is 36.9 Å². The van der Waals surface area contributed by atoms with Crippen molar-refractivity contribution < 1.29 is 13.7 Å². The Morgan fingerprint density at radius 2 is 2.14 bits per heavy atom. The molecule has 0 aliphatic heterocycles. The monoisotopic (exact) mass is 395 g/mol. The predicted octanol–water partition coefficient (Wildman–Crippen LogP) is 0.798. The molecule has 5 rings (SSSR count). The van der Waals surface area contributed by atoms with E-state index in [9.17, 15) is 9.59 Å². The molecule has 29 heavy (non-hydrogen) atoms. The number of carbonyl (C=O) groups excluding carboxylic acids is 1. The molecular weight excluding hydrogens is 378 g/mol. The first-order chi connectivity index (χ1) is 14.2. The number of hydrogen-bond donors (Lipinski definition) is 2. The fourth-order valence-electron chi connectivity index (χ4n) is 3.39. The van der Waals surface area contributed by atoms with Gasteiger partial charge in [0.1, 0.15) is 5.82 Å². The van der Waals surface area contributed by atoms with Crippen LogP contribution >= 0.6 is 0 Å². The SMILES string of the molecule is O=C(Cc1nc2nc3c(c(=O)n2[nH]1)CCCC3)NCc1noc(-c2ccco2)n1. The van der Waals surface area contributed by atoms with Gasteiger partial charge in [0.05, 0.1) is 24.9 Å². The molecule has 0 atom stereocenters. The summed E-state index contributed by atoms with van der Waals surface area (Å²) in [6, 6.07) is 3.41. The lowest BCUT2D eigenvalue weighted by atomic mass is 9.97. The molecule has 0 fully saturated rings. The molecule has 148 valence electrons. The Morgan fingerprint density at radius 1 is 1.24 bits per heavy atom. The Morgan fingerprint density at radius 3 is 3.00 bits per heavy atom. The molecule has 0 bridgehead atoms. The molecule has 0 saturated heterocycles. The third-order valence-corrected chi connectivity index (χ3v) is 4.78. The summed E-state index contributed by atoms with van der Waals surface area (Å²) < 4.78 is 11.6. The predicted molar refractivity (Wildman–Crippen MR) is 97.8 cm³/mol. The van der Waals surface area contributed by atoms with Crippen molar-refractivity contribution in [2.75, 3.05) is 0 Å². The van der Waals surface area contributed by atoms with Gasteiger partial charge in [-0.3, -0.25) is 14.7 Å². The van der Waals surface area contributed by atoms with E-state index in [2.05, 4.69) is 30.5 Å². The molecule has 1 amide bonds. The van der Waals surface area contributed by atoms with E-state index in [-0.39, 0.29) is 30.3 Å². The van der Waals surface area contributed by atoms with Crippen LogP contribution in [-0.2, 0) is 30.6 Å². The summed E-state index contributed by atoms with van der Waals surface area (Å²) >= 11 is 0. The number of hydrogen-bond acceptors (Lipinski definition) is 8. The highest BCUT2D eigenvalue weighted by Crippen LogP contribution is 2.17. The molecular formula is C18H17N7O4. The fourth-order valence-corrected chi connectivity index (χ4v) is 3.39. The summed E-state index contributed by atoms with van der Waals surface area (Å²) in [6.45, 7) is 0.0930. The van der Waals surface area contributed by atoms with Crippen LogP contribution in [0, 0.1) is 0 Å². The fraction of sp³-hybridized carbons (Fsp3) is 0.333. The van der Waals surface area contributed by atoms with E-state index in [0.29, 0.717) is 23.2 Å². The summed E-state index contributed by atoms with van der Waals surface area (Å²) in [5.41, 5.74) is 1.41. The van der Waals surface area contributed by atoms with Crippen LogP contribution in [0.4, 0.5) is 0 Å². The molecule has 0 aromatic carbocycles. The molecule has 1 aliphatic rings. The molecule has 2 N–H and O–H groups in total. The number of nitrogens with zero attached hydrogens (tertiary/aromatic N) is 5. The second-order valence-corrected chi connectivity index (χ2v) is 6.80. The Hall–Kier alpha value is -3.76. The maximum absolute atomic E-state index is 12.6. The lowest BCUT2D eigenvalue weighted by molar-refractivity contribution is -0.120. The first-order valence-electron chi connectivity index (χ1n) is 9.30. The Kier molecular flexibility index (Phi) is 4.19. The van der Waals surface area contributed by atoms with Gasteiger partial charge in [-0.15, -0.1) is 0 Å². The molecule has 0 spiro atoms. The van der Waals surface area contributed by atoms with E-state index >= 15 is 0 Å². The minimum Gasteiger partial charge on any atom is -0.459 e. The third-order valence-electron chi connectivity index (χ3n) is 4.78. The molecule has 4 aromatic rings. The summed E-state index contributed by atoms with van der Waals surface area (Å²) in [5.74, 6) is 1.37. The number of H-pyrrole nitrogens is 1. The number of nitrogens with one attached hydrogen (secondary N) is 2. The van der Waals surface area contributed by atoms with Crippen molar-refractivity contribution in [3.8, 4) is 11.7 Å². The van der Waals surface area contributed by atoms with Gasteiger partial charge in [-0.1, -0.05) is 5.16 Å². The van der Waals surface area contributed by atoms with Crippen LogP contribution in [0.1, 0.15) is 35.7 Å². The molecule has 11 nitrogen and oxygen atoms in total. The van der Waals surface area contributed by atoms with Crippen molar-refractivity contribution in [2.45, 2.75) is 38.6 Å². The highest BCUT2D eigenvalue weighted by atomic mass is 16.5. The highest BCUT2D eigenvalue weighted by Gasteiger charge is 2.19. The molecule has 0 radical (unpaired) electrons. The largest absolute Gasteiger partial charge is 0.459 e. The number of aromatic amines is 1. The summed E-state index contributed by atoms with van der Waals surface area (Å²) in [4.78, 5) is 37.8. The zero-order valence-electron chi connectivity index (χ0n) is 15.3. The lowest BCUT2D eigenvalue weighted by Crippen LogP contribution is -2.26. The first-order valence-corrected chi connectivity index (χ1v) is 9.30. The average Bonchev–Trinajstić information content (AvgIpc) is 3.47. The van der Waals surface area contributed by atoms with Crippen LogP contribution in [0.3, 0.4) is 0 Å². The minimum absolute atomic E-state index is 0.0314. The van der Waals surface area contributed by atoms with Crippen LogP contribution in [0.15, 0.2) is 32.1 Å². The Balaban J connectivity index is 1.27.